The number of anilines is 1. The molecule has 3 heterocycles. The van der Waals surface area contributed by atoms with E-state index in [0.717, 1.165) is 21.5 Å². The molecule has 0 saturated carbocycles. The molecule has 0 unspecified atom stereocenters. The molecule has 38 heavy (non-hydrogen) atoms. The molecule has 2 aromatic heterocycles. The lowest BCUT2D eigenvalue weighted by Gasteiger charge is -2.34. The Labute approximate surface area is 230 Å². The number of para-hydroxylation sites is 3. The number of benzene rings is 3. The van der Waals surface area contributed by atoms with Gasteiger partial charge >= 0.3 is 0 Å². The maximum absolute atomic E-state index is 13.5. The normalized spacial score (nSPS) is 15.9. The van der Waals surface area contributed by atoms with E-state index in [-0.39, 0.29) is 16.1 Å². The van der Waals surface area contributed by atoms with Crippen molar-refractivity contribution in [3.63, 3.8) is 0 Å². The van der Waals surface area contributed by atoms with Gasteiger partial charge in [-0.3, -0.25) is 19.4 Å². The molecule has 1 N–H and O–H groups in total. The van der Waals surface area contributed by atoms with Gasteiger partial charge in [-0.2, -0.15) is 0 Å². The number of nitrogens with zero attached hydrogens (tertiary/aromatic N) is 2. The summed E-state index contributed by atoms with van der Waals surface area (Å²) < 4.78 is 0. The number of thiocarbonyl (C=S) groups is 1. The highest BCUT2D eigenvalue weighted by molar-refractivity contribution is 7.80. The zero-order valence-corrected chi connectivity index (χ0v) is 22.8. The third-order valence-electron chi connectivity index (χ3n) is 7.30. The van der Waals surface area contributed by atoms with Crippen LogP contribution in [0.5, 0.6) is 0 Å². The second kappa shape index (κ2) is 9.04. The number of hydrogen-bond acceptors (Lipinski definition) is 4. The Bertz CT molecular complexity index is 1780. The van der Waals surface area contributed by atoms with Gasteiger partial charge in [0, 0.05) is 33.6 Å². The van der Waals surface area contributed by atoms with Gasteiger partial charge in [0.05, 0.1) is 11.2 Å². The first-order valence-electron chi connectivity index (χ1n) is 12.3. The Hall–Kier alpha value is -4.07. The third-order valence-corrected chi connectivity index (χ3v) is 8.64. The summed E-state index contributed by atoms with van der Waals surface area (Å²) in [6.45, 7) is 4.40. The summed E-state index contributed by atoms with van der Waals surface area (Å²) in [6, 6.07) is 26.0. The van der Waals surface area contributed by atoms with E-state index in [2.05, 4.69) is 66.7 Å². The van der Waals surface area contributed by atoms with Crippen molar-refractivity contribution in [2.24, 2.45) is 0 Å². The van der Waals surface area contributed by atoms with Crippen molar-refractivity contribution in [3.8, 4) is 0 Å². The van der Waals surface area contributed by atoms with Crippen LogP contribution in [0.2, 0.25) is 0 Å². The SMILES string of the molecule is CN1C(=O)/C(=C\c2cc(C(C)(C)c3cccc4c3[nH]c3ccccc34)cs2)C(=O)N(c2ccccc2)C1=S. The Morgan fingerprint density at radius 1 is 0.895 bits per heavy atom. The van der Waals surface area contributed by atoms with Crippen molar-refractivity contribution in [1.29, 1.82) is 0 Å². The number of aromatic amines is 1. The monoisotopic (exact) mass is 535 g/mol. The lowest BCUT2D eigenvalue weighted by Crippen LogP contribution is -2.54. The molecule has 1 fully saturated rings. The standard InChI is InChI=1S/C31H25N3O2S2/c1-31(2,25-14-9-13-23-22-12-7-8-15-26(22)32-27(23)25)19-16-21(38-18-19)17-24-28(35)33(3)30(37)34(29(24)36)20-10-5-4-6-11-20/h4-18,32H,1-3H3/b24-17+. The number of hydrogen-bond donors (Lipinski definition) is 1. The molecule has 0 spiro atoms. The molecule has 0 aliphatic carbocycles. The van der Waals surface area contributed by atoms with Gasteiger partial charge in [-0.05, 0) is 59.1 Å². The predicted molar refractivity (Wildman–Crippen MR) is 160 cm³/mol. The summed E-state index contributed by atoms with van der Waals surface area (Å²) in [7, 11) is 1.60. The molecule has 0 bridgehead atoms. The molecule has 3 aromatic carbocycles. The van der Waals surface area contributed by atoms with E-state index in [0.29, 0.717) is 5.69 Å². The number of thiophene rings is 1. The molecule has 1 aliphatic heterocycles. The van der Waals surface area contributed by atoms with Gasteiger partial charge in [0.15, 0.2) is 5.11 Å². The van der Waals surface area contributed by atoms with Gasteiger partial charge in [0.1, 0.15) is 5.57 Å². The minimum Gasteiger partial charge on any atom is -0.354 e. The summed E-state index contributed by atoms with van der Waals surface area (Å²) in [5.74, 6) is -0.814. The van der Waals surface area contributed by atoms with Crippen LogP contribution >= 0.6 is 23.6 Å². The number of carbonyl (C=O) groups is 2. The average Bonchev–Trinajstić information content (AvgIpc) is 3.56. The number of nitrogens with one attached hydrogen (secondary N) is 1. The van der Waals surface area contributed by atoms with Crippen molar-refractivity contribution in [2.45, 2.75) is 19.3 Å². The lowest BCUT2D eigenvalue weighted by molar-refractivity contribution is -0.127. The van der Waals surface area contributed by atoms with E-state index in [1.807, 2.05) is 36.4 Å². The van der Waals surface area contributed by atoms with Crippen molar-refractivity contribution >= 4 is 74.1 Å². The smallest absolute Gasteiger partial charge is 0.270 e. The minimum absolute atomic E-state index is 0.0916. The van der Waals surface area contributed by atoms with E-state index >= 15 is 0 Å². The maximum Gasteiger partial charge on any atom is 0.270 e. The molecular weight excluding hydrogens is 510 g/mol. The van der Waals surface area contributed by atoms with Crippen molar-refractivity contribution in [3.05, 3.63) is 106 Å². The topological polar surface area (TPSA) is 56.4 Å². The Balaban J connectivity index is 1.39. The van der Waals surface area contributed by atoms with Crippen LogP contribution in [0.3, 0.4) is 0 Å². The molecule has 0 atom stereocenters. The summed E-state index contributed by atoms with van der Waals surface area (Å²) in [5.41, 5.74) is 4.94. The first-order valence-corrected chi connectivity index (χ1v) is 13.6. The lowest BCUT2D eigenvalue weighted by atomic mass is 9.78. The van der Waals surface area contributed by atoms with Gasteiger partial charge in [0.25, 0.3) is 11.8 Å². The maximum atomic E-state index is 13.5. The second-order valence-corrected chi connectivity index (χ2v) is 11.3. The molecule has 5 nitrogen and oxygen atoms in total. The summed E-state index contributed by atoms with van der Waals surface area (Å²) in [5, 5.41) is 4.68. The molecule has 6 rings (SSSR count). The van der Waals surface area contributed by atoms with Crippen LogP contribution < -0.4 is 4.90 Å². The van der Waals surface area contributed by atoms with Crippen LogP contribution in [0.4, 0.5) is 5.69 Å². The number of H-pyrrole nitrogens is 1. The Morgan fingerprint density at radius 2 is 1.61 bits per heavy atom. The highest BCUT2D eigenvalue weighted by Gasteiger charge is 2.38. The highest BCUT2D eigenvalue weighted by Crippen LogP contribution is 2.40. The van der Waals surface area contributed by atoms with Crippen LogP contribution in [-0.2, 0) is 15.0 Å². The van der Waals surface area contributed by atoms with Crippen LogP contribution in [0.1, 0.15) is 29.9 Å². The van der Waals surface area contributed by atoms with Crippen LogP contribution in [-0.4, -0.2) is 33.9 Å². The molecule has 5 aromatic rings. The van der Waals surface area contributed by atoms with Crippen molar-refractivity contribution in [2.75, 3.05) is 11.9 Å². The van der Waals surface area contributed by atoms with E-state index in [4.69, 9.17) is 12.2 Å². The van der Waals surface area contributed by atoms with Gasteiger partial charge in [-0.15, -0.1) is 11.3 Å². The molecule has 0 radical (unpaired) electrons. The first kappa shape index (κ1) is 24.3. The van der Waals surface area contributed by atoms with E-state index < -0.39 is 11.8 Å². The Morgan fingerprint density at radius 3 is 2.39 bits per heavy atom. The average molecular weight is 536 g/mol. The van der Waals surface area contributed by atoms with Crippen LogP contribution in [0.15, 0.2) is 89.8 Å². The summed E-state index contributed by atoms with van der Waals surface area (Å²) >= 11 is 6.97. The van der Waals surface area contributed by atoms with E-state index in [1.54, 1.807) is 13.1 Å². The number of aromatic nitrogens is 1. The van der Waals surface area contributed by atoms with Crippen LogP contribution in [0.25, 0.3) is 27.9 Å². The predicted octanol–water partition coefficient (Wildman–Crippen LogP) is 6.88. The quantitative estimate of drug-likeness (QED) is 0.155. The number of carbonyl (C=O) groups excluding carboxylic acids is 2. The number of amides is 2. The van der Waals surface area contributed by atoms with Gasteiger partial charge < -0.3 is 4.98 Å². The second-order valence-electron chi connectivity index (χ2n) is 9.94. The molecular formula is C31H25N3O2S2. The van der Waals surface area contributed by atoms with Crippen molar-refractivity contribution < 1.29 is 9.59 Å². The molecule has 188 valence electrons. The minimum atomic E-state index is -0.415. The van der Waals surface area contributed by atoms with Crippen LogP contribution in [0, 0.1) is 0 Å². The Kier molecular flexibility index (Phi) is 5.78. The van der Waals surface area contributed by atoms with E-state index in [9.17, 15) is 9.59 Å². The fraction of sp³-hybridized carbons (Fsp3) is 0.129. The molecule has 1 aliphatic rings. The fourth-order valence-electron chi connectivity index (χ4n) is 5.09. The third kappa shape index (κ3) is 3.78. The van der Waals surface area contributed by atoms with E-state index in [1.165, 1.54) is 37.5 Å². The largest absolute Gasteiger partial charge is 0.354 e. The number of fused-ring (bicyclic) bond motifs is 3. The van der Waals surface area contributed by atoms with Gasteiger partial charge in [-0.25, -0.2) is 0 Å². The molecule has 7 heteroatoms. The fourth-order valence-corrected chi connectivity index (χ4v) is 6.37. The number of rotatable bonds is 4. The molecule has 1 saturated heterocycles. The zero-order valence-electron chi connectivity index (χ0n) is 21.2. The molecule has 2 amide bonds. The van der Waals surface area contributed by atoms with Gasteiger partial charge in [0.2, 0.25) is 0 Å². The summed E-state index contributed by atoms with van der Waals surface area (Å²) in [4.78, 5) is 33.8. The summed E-state index contributed by atoms with van der Waals surface area (Å²) in [6.07, 6.45) is 1.69. The number of likely N-dealkylation sites (N-methyl/N-ethyl adjacent to an activating group) is 1. The van der Waals surface area contributed by atoms with Crippen molar-refractivity contribution in [1.82, 2.24) is 9.88 Å². The highest BCUT2D eigenvalue weighted by atomic mass is 32.1. The first-order chi connectivity index (χ1) is 18.3. The zero-order chi connectivity index (χ0) is 26.6. The van der Waals surface area contributed by atoms with Gasteiger partial charge in [-0.1, -0.05) is 68.4 Å².